The van der Waals surface area contributed by atoms with Crippen LogP contribution in [-0.2, 0) is 4.79 Å². The molecule has 0 aromatic heterocycles. The maximum absolute atomic E-state index is 11.8. The zero-order valence-electron chi connectivity index (χ0n) is 11.6. The summed E-state index contributed by atoms with van der Waals surface area (Å²) in [6.45, 7) is 7.21. The fourth-order valence-electron chi connectivity index (χ4n) is 2.50. The number of nitrogens with one attached hydrogen (secondary N) is 2. The second-order valence-electron chi connectivity index (χ2n) is 5.40. The molecule has 0 heterocycles. The topological polar surface area (TPSA) is 41.1 Å². The Balaban J connectivity index is 2.26. The van der Waals surface area contributed by atoms with Crippen LogP contribution in [-0.4, -0.2) is 24.5 Å². The highest BCUT2D eigenvalue weighted by Gasteiger charge is 2.24. The van der Waals surface area contributed by atoms with Crippen molar-refractivity contribution in [2.45, 2.75) is 71.4 Å². The van der Waals surface area contributed by atoms with E-state index in [0.29, 0.717) is 12.0 Å². The van der Waals surface area contributed by atoms with Crippen LogP contribution in [0.4, 0.5) is 0 Å². The van der Waals surface area contributed by atoms with Gasteiger partial charge in [-0.2, -0.15) is 0 Å². The standard InChI is InChI=1S/C14H28N2O/c1-4-5-10-15-14(17)12(3)16-13-9-7-6-8-11(13)2/h11-13,16H,4-10H2,1-3H3,(H,15,17). The molecule has 3 heteroatoms. The molecule has 0 bridgehead atoms. The summed E-state index contributed by atoms with van der Waals surface area (Å²) in [4.78, 5) is 11.8. The molecule has 1 amide bonds. The van der Waals surface area contributed by atoms with Crippen LogP contribution >= 0.6 is 0 Å². The summed E-state index contributed by atoms with van der Waals surface area (Å²) in [5.74, 6) is 0.853. The lowest BCUT2D eigenvalue weighted by Crippen LogP contribution is -2.49. The molecular weight excluding hydrogens is 212 g/mol. The van der Waals surface area contributed by atoms with E-state index in [0.717, 1.165) is 19.4 Å². The molecule has 2 N–H and O–H groups in total. The van der Waals surface area contributed by atoms with Gasteiger partial charge in [0.1, 0.15) is 0 Å². The molecule has 100 valence electrons. The van der Waals surface area contributed by atoms with Crippen molar-refractivity contribution < 1.29 is 4.79 Å². The Bertz CT molecular complexity index is 230. The zero-order chi connectivity index (χ0) is 12.7. The fourth-order valence-corrected chi connectivity index (χ4v) is 2.50. The average Bonchev–Trinajstić information content (AvgIpc) is 2.32. The quantitative estimate of drug-likeness (QED) is 0.700. The molecular formula is C14H28N2O. The number of carbonyl (C=O) groups is 1. The highest BCUT2D eigenvalue weighted by Crippen LogP contribution is 2.23. The summed E-state index contributed by atoms with van der Waals surface area (Å²) < 4.78 is 0. The Morgan fingerprint density at radius 1 is 1.35 bits per heavy atom. The molecule has 0 saturated heterocycles. The molecule has 0 radical (unpaired) electrons. The Morgan fingerprint density at radius 2 is 2.06 bits per heavy atom. The van der Waals surface area contributed by atoms with Crippen molar-refractivity contribution in [1.82, 2.24) is 10.6 Å². The third-order valence-corrected chi connectivity index (χ3v) is 3.80. The lowest BCUT2D eigenvalue weighted by Gasteiger charge is -2.31. The van der Waals surface area contributed by atoms with E-state index < -0.39 is 0 Å². The summed E-state index contributed by atoms with van der Waals surface area (Å²) in [6, 6.07) is 0.466. The van der Waals surface area contributed by atoms with Crippen molar-refractivity contribution in [3.63, 3.8) is 0 Å². The molecule has 3 unspecified atom stereocenters. The minimum Gasteiger partial charge on any atom is -0.355 e. The zero-order valence-corrected chi connectivity index (χ0v) is 11.6. The van der Waals surface area contributed by atoms with Crippen LogP contribution in [0.15, 0.2) is 0 Å². The number of hydrogen-bond acceptors (Lipinski definition) is 2. The molecule has 0 aliphatic heterocycles. The number of carbonyl (C=O) groups excluding carboxylic acids is 1. The molecule has 1 aliphatic carbocycles. The molecule has 1 fully saturated rings. The predicted molar refractivity (Wildman–Crippen MR) is 71.9 cm³/mol. The van der Waals surface area contributed by atoms with Gasteiger partial charge >= 0.3 is 0 Å². The first kappa shape index (κ1) is 14.5. The largest absolute Gasteiger partial charge is 0.355 e. The van der Waals surface area contributed by atoms with Crippen molar-refractivity contribution >= 4 is 5.91 Å². The average molecular weight is 240 g/mol. The highest BCUT2D eigenvalue weighted by molar-refractivity contribution is 5.81. The normalized spacial score (nSPS) is 26.5. The third kappa shape index (κ3) is 5.07. The second kappa shape index (κ2) is 7.70. The van der Waals surface area contributed by atoms with Crippen LogP contribution in [0.3, 0.4) is 0 Å². The van der Waals surface area contributed by atoms with E-state index in [-0.39, 0.29) is 11.9 Å². The van der Waals surface area contributed by atoms with E-state index >= 15 is 0 Å². The van der Waals surface area contributed by atoms with E-state index in [4.69, 9.17) is 0 Å². The van der Waals surface area contributed by atoms with Gasteiger partial charge in [-0.3, -0.25) is 4.79 Å². The summed E-state index contributed by atoms with van der Waals surface area (Å²) in [6.07, 6.45) is 7.35. The first-order chi connectivity index (χ1) is 8.15. The Hall–Kier alpha value is -0.570. The lowest BCUT2D eigenvalue weighted by atomic mass is 9.85. The fraction of sp³-hybridized carbons (Fsp3) is 0.929. The van der Waals surface area contributed by atoms with Gasteiger partial charge in [0, 0.05) is 12.6 Å². The second-order valence-corrected chi connectivity index (χ2v) is 5.40. The Labute approximate surface area is 106 Å². The Morgan fingerprint density at radius 3 is 2.71 bits per heavy atom. The predicted octanol–water partition coefficient (Wildman–Crippen LogP) is 2.46. The van der Waals surface area contributed by atoms with Crippen molar-refractivity contribution in [1.29, 1.82) is 0 Å². The lowest BCUT2D eigenvalue weighted by molar-refractivity contribution is -0.123. The molecule has 1 saturated carbocycles. The summed E-state index contributed by atoms with van der Waals surface area (Å²) in [7, 11) is 0. The van der Waals surface area contributed by atoms with Crippen molar-refractivity contribution in [2.75, 3.05) is 6.54 Å². The van der Waals surface area contributed by atoms with Crippen LogP contribution in [0.1, 0.15) is 59.3 Å². The van der Waals surface area contributed by atoms with Gasteiger partial charge in [-0.05, 0) is 32.1 Å². The molecule has 0 aromatic carbocycles. The van der Waals surface area contributed by atoms with Gasteiger partial charge in [0.25, 0.3) is 0 Å². The number of hydrogen-bond donors (Lipinski definition) is 2. The highest BCUT2D eigenvalue weighted by atomic mass is 16.2. The van der Waals surface area contributed by atoms with Gasteiger partial charge in [0.2, 0.25) is 5.91 Å². The Kier molecular flexibility index (Phi) is 6.56. The maximum atomic E-state index is 11.8. The summed E-state index contributed by atoms with van der Waals surface area (Å²) in [5, 5.41) is 6.47. The van der Waals surface area contributed by atoms with Crippen LogP contribution in [0.5, 0.6) is 0 Å². The van der Waals surface area contributed by atoms with Gasteiger partial charge < -0.3 is 10.6 Å². The van der Waals surface area contributed by atoms with E-state index in [9.17, 15) is 4.79 Å². The van der Waals surface area contributed by atoms with Gasteiger partial charge in [-0.25, -0.2) is 0 Å². The van der Waals surface area contributed by atoms with Gasteiger partial charge in [-0.15, -0.1) is 0 Å². The van der Waals surface area contributed by atoms with Crippen LogP contribution in [0, 0.1) is 5.92 Å². The third-order valence-electron chi connectivity index (χ3n) is 3.80. The van der Waals surface area contributed by atoms with Gasteiger partial charge in [0.15, 0.2) is 0 Å². The smallest absolute Gasteiger partial charge is 0.236 e. The van der Waals surface area contributed by atoms with Crippen molar-refractivity contribution in [2.24, 2.45) is 5.92 Å². The minimum absolute atomic E-state index is 0.0580. The van der Waals surface area contributed by atoms with Gasteiger partial charge in [0.05, 0.1) is 6.04 Å². The summed E-state index contributed by atoms with van der Waals surface area (Å²) in [5.41, 5.74) is 0. The summed E-state index contributed by atoms with van der Waals surface area (Å²) >= 11 is 0. The van der Waals surface area contributed by atoms with Crippen LogP contribution in [0.25, 0.3) is 0 Å². The van der Waals surface area contributed by atoms with Gasteiger partial charge in [-0.1, -0.05) is 33.1 Å². The SMILES string of the molecule is CCCCNC(=O)C(C)NC1CCCCC1C. The number of unbranched alkanes of at least 4 members (excludes halogenated alkanes) is 1. The van der Waals surface area contributed by atoms with Crippen molar-refractivity contribution in [3.8, 4) is 0 Å². The van der Waals surface area contributed by atoms with E-state index in [1.165, 1.54) is 25.7 Å². The molecule has 3 atom stereocenters. The molecule has 1 rings (SSSR count). The van der Waals surface area contributed by atoms with Crippen molar-refractivity contribution in [3.05, 3.63) is 0 Å². The van der Waals surface area contributed by atoms with Crippen LogP contribution in [0.2, 0.25) is 0 Å². The van der Waals surface area contributed by atoms with E-state index in [1.807, 2.05) is 6.92 Å². The first-order valence-corrected chi connectivity index (χ1v) is 7.19. The number of amides is 1. The molecule has 3 nitrogen and oxygen atoms in total. The minimum atomic E-state index is -0.0580. The molecule has 17 heavy (non-hydrogen) atoms. The molecule has 1 aliphatic rings. The molecule has 0 spiro atoms. The number of rotatable bonds is 6. The first-order valence-electron chi connectivity index (χ1n) is 7.19. The van der Waals surface area contributed by atoms with Crippen LogP contribution < -0.4 is 10.6 Å². The van der Waals surface area contributed by atoms with E-state index in [2.05, 4.69) is 24.5 Å². The monoisotopic (exact) mass is 240 g/mol. The molecule has 0 aromatic rings. The maximum Gasteiger partial charge on any atom is 0.236 e. The van der Waals surface area contributed by atoms with E-state index in [1.54, 1.807) is 0 Å².